The zero-order valence-corrected chi connectivity index (χ0v) is 17.5. The van der Waals surface area contributed by atoms with Gasteiger partial charge >= 0.3 is 0 Å². The van der Waals surface area contributed by atoms with Crippen LogP contribution in [-0.2, 0) is 11.2 Å². The molecular formula is C21H37N5O. The topological polar surface area (TPSA) is 61.8 Å². The summed E-state index contributed by atoms with van der Waals surface area (Å²) in [4.78, 5) is 11.2. The number of guanidine groups is 1. The number of aromatic nitrogens is 1. The van der Waals surface area contributed by atoms with E-state index in [0.29, 0.717) is 12.0 Å². The Balaban J connectivity index is 1.86. The normalized spacial score (nSPS) is 17.1. The van der Waals surface area contributed by atoms with Crippen LogP contribution in [0.1, 0.15) is 37.8 Å². The molecule has 1 unspecified atom stereocenters. The van der Waals surface area contributed by atoms with Crippen molar-refractivity contribution < 1.29 is 4.74 Å². The van der Waals surface area contributed by atoms with E-state index in [4.69, 9.17) is 4.74 Å². The van der Waals surface area contributed by atoms with Crippen molar-refractivity contribution in [1.29, 1.82) is 0 Å². The molecule has 0 saturated carbocycles. The molecule has 0 spiro atoms. The standard InChI is InChI=1S/C21H37N5O/c1-5-18(6-2)20(26-11-13-27-14-12-26)16-25-21(22-4)24-10-8-19-7-9-23-15-17(19)3/h7,9,15,18,20H,5-6,8,10-14,16H2,1-4H3,(H2,22,24,25). The molecule has 0 aliphatic carbocycles. The maximum atomic E-state index is 5.55. The number of morpholine rings is 1. The molecule has 2 rings (SSSR count). The van der Waals surface area contributed by atoms with E-state index in [1.165, 1.54) is 24.0 Å². The third kappa shape index (κ3) is 6.78. The highest BCUT2D eigenvalue weighted by Gasteiger charge is 2.26. The van der Waals surface area contributed by atoms with Gasteiger partial charge in [-0.1, -0.05) is 26.7 Å². The predicted octanol–water partition coefficient (Wildman–Crippen LogP) is 2.23. The fraction of sp³-hybridized carbons (Fsp3) is 0.714. The largest absolute Gasteiger partial charge is 0.379 e. The Hall–Kier alpha value is -1.66. The second-order valence-electron chi connectivity index (χ2n) is 7.22. The number of hydrogen-bond donors (Lipinski definition) is 2. The fourth-order valence-corrected chi connectivity index (χ4v) is 3.86. The molecule has 1 aliphatic rings. The molecule has 0 amide bonds. The minimum absolute atomic E-state index is 0.518. The second-order valence-corrected chi connectivity index (χ2v) is 7.22. The molecule has 1 aliphatic heterocycles. The molecule has 1 saturated heterocycles. The van der Waals surface area contributed by atoms with Crippen molar-refractivity contribution >= 4 is 5.96 Å². The first-order valence-electron chi connectivity index (χ1n) is 10.3. The molecule has 1 aromatic rings. The average Bonchev–Trinajstić information content (AvgIpc) is 2.71. The molecule has 2 N–H and O–H groups in total. The van der Waals surface area contributed by atoms with Gasteiger partial charge in [0.2, 0.25) is 0 Å². The summed E-state index contributed by atoms with van der Waals surface area (Å²) >= 11 is 0. The summed E-state index contributed by atoms with van der Waals surface area (Å²) in [6.07, 6.45) is 7.15. The van der Waals surface area contributed by atoms with Crippen LogP contribution < -0.4 is 10.6 Å². The highest BCUT2D eigenvalue weighted by Crippen LogP contribution is 2.19. The molecule has 6 nitrogen and oxygen atoms in total. The van der Waals surface area contributed by atoms with Gasteiger partial charge in [-0.2, -0.15) is 0 Å². The predicted molar refractivity (Wildman–Crippen MR) is 112 cm³/mol. The van der Waals surface area contributed by atoms with Gasteiger partial charge in [0.25, 0.3) is 0 Å². The van der Waals surface area contributed by atoms with Crippen LogP contribution >= 0.6 is 0 Å². The summed E-state index contributed by atoms with van der Waals surface area (Å²) in [5, 5.41) is 7.01. The lowest BCUT2D eigenvalue weighted by Gasteiger charge is -2.39. The number of nitrogens with one attached hydrogen (secondary N) is 2. The van der Waals surface area contributed by atoms with Crippen molar-refractivity contribution in [2.45, 2.75) is 46.1 Å². The summed E-state index contributed by atoms with van der Waals surface area (Å²) in [5.74, 6) is 1.57. The summed E-state index contributed by atoms with van der Waals surface area (Å²) in [6.45, 7) is 12.2. The van der Waals surface area contributed by atoms with E-state index in [1.807, 2.05) is 19.4 Å². The van der Waals surface area contributed by atoms with Gasteiger partial charge in [-0.05, 0) is 36.5 Å². The summed E-state index contributed by atoms with van der Waals surface area (Å²) in [5.41, 5.74) is 2.57. The quantitative estimate of drug-likeness (QED) is 0.512. The van der Waals surface area contributed by atoms with Gasteiger partial charge in [-0.3, -0.25) is 14.9 Å². The number of ether oxygens (including phenoxy) is 1. The Bertz CT molecular complexity index is 567. The Morgan fingerprint density at radius 2 is 2.00 bits per heavy atom. The Morgan fingerprint density at radius 1 is 1.26 bits per heavy atom. The van der Waals surface area contributed by atoms with Crippen LogP contribution in [0.2, 0.25) is 0 Å². The van der Waals surface area contributed by atoms with E-state index < -0.39 is 0 Å². The van der Waals surface area contributed by atoms with Gasteiger partial charge < -0.3 is 15.4 Å². The van der Waals surface area contributed by atoms with Crippen LogP contribution in [0.4, 0.5) is 0 Å². The molecule has 1 fully saturated rings. The smallest absolute Gasteiger partial charge is 0.191 e. The monoisotopic (exact) mass is 375 g/mol. The van der Waals surface area contributed by atoms with Crippen LogP contribution in [0.3, 0.4) is 0 Å². The number of rotatable bonds is 9. The third-order valence-corrected chi connectivity index (χ3v) is 5.63. The summed E-state index contributed by atoms with van der Waals surface area (Å²) < 4.78 is 5.55. The minimum Gasteiger partial charge on any atom is -0.379 e. The number of pyridine rings is 1. The van der Waals surface area contributed by atoms with Gasteiger partial charge in [-0.15, -0.1) is 0 Å². The van der Waals surface area contributed by atoms with Gasteiger partial charge in [0.1, 0.15) is 0 Å². The number of aryl methyl sites for hydroxylation is 1. The van der Waals surface area contributed by atoms with Crippen molar-refractivity contribution in [3.8, 4) is 0 Å². The van der Waals surface area contributed by atoms with E-state index in [-0.39, 0.29) is 0 Å². The number of nitrogens with zero attached hydrogens (tertiary/aromatic N) is 3. The van der Waals surface area contributed by atoms with Crippen LogP contribution in [0.5, 0.6) is 0 Å². The third-order valence-electron chi connectivity index (χ3n) is 5.63. The summed E-state index contributed by atoms with van der Waals surface area (Å²) in [6, 6.07) is 2.61. The van der Waals surface area contributed by atoms with E-state index in [2.05, 4.69) is 52.3 Å². The molecule has 0 bridgehead atoms. The Labute approximate surface area is 164 Å². The van der Waals surface area contributed by atoms with Gasteiger partial charge in [0.05, 0.1) is 13.2 Å². The van der Waals surface area contributed by atoms with Crippen molar-refractivity contribution in [1.82, 2.24) is 20.5 Å². The lowest BCUT2D eigenvalue weighted by molar-refractivity contribution is 0.00272. The lowest BCUT2D eigenvalue weighted by atomic mass is 9.92. The SMILES string of the molecule is CCC(CC)C(CNC(=NC)NCCc1ccncc1C)N1CCOCC1. The fourth-order valence-electron chi connectivity index (χ4n) is 3.86. The molecule has 27 heavy (non-hydrogen) atoms. The first-order valence-corrected chi connectivity index (χ1v) is 10.3. The van der Waals surface area contributed by atoms with Crippen LogP contribution in [0.25, 0.3) is 0 Å². The van der Waals surface area contributed by atoms with Crippen molar-refractivity contribution in [2.75, 3.05) is 46.4 Å². The molecular weight excluding hydrogens is 338 g/mol. The highest BCUT2D eigenvalue weighted by atomic mass is 16.5. The van der Waals surface area contributed by atoms with Gasteiger partial charge in [0, 0.05) is 51.7 Å². The van der Waals surface area contributed by atoms with Crippen molar-refractivity contribution in [2.24, 2.45) is 10.9 Å². The minimum atomic E-state index is 0.518. The van der Waals surface area contributed by atoms with Crippen molar-refractivity contribution in [3.63, 3.8) is 0 Å². The summed E-state index contributed by atoms with van der Waals surface area (Å²) in [7, 11) is 1.84. The number of aliphatic imine (C=N–C) groups is 1. The zero-order chi connectivity index (χ0) is 19.5. The van der Waals surface area contributed by atoms with Crippen LogP contribution in [-0.4, -0.2) is 68.3 Å². The first-order chi connectivity index (χ1) is 13.2. The molecule has 6 heteroatoms. The van der Waals surface area contributed by atoms with E-state index in [1.54, 1.807) is 0 Å². The molecule has 152 valence electrons. The zero-order valence-electron chi connectivity index (χ0n) is 17.5. The molecule has 0 aromatic carbocycles. The Kier molecular flexibility index (Phi) is 9.56. The van der Waals surface area contributed by atoms with Crippen molar-refractivity contribution in [3.05, 3.63) is 29.6 Å². The highest BCUT2D eigenvalue weighted by molar-refractivity contribution is 5.79. The average molecular weight is 376 g/mol. The van der Waals surface area contributed by atoms with E-state index >= 15 is 0 Å². The van der Waals surface area contributed by atoms with Gasteiger partial charge in [-0.25, -0.2) is 0 Å². The van der Waals surface area contributed by atoms with E-state index in [9.17, 15) is 0 Å². The van der Waals surface area contributed by atoms with Crippen LogP contribution in [0, 0.1) is 12.8 Å². The van der Waals surface area contributed by atoms with Gasteiger partial charge in [0.15, 0.2) is 5.96 Å². The molecule has 1 atom stereocenters. The van der Waals surface area contributed by atoms with E-state index in [0.717, 1.165) is 51.8 Å². The first kappa shape index (κ1) is 21.6. The molecule has 2 heterocycles. The second kappa shape index (κ2) is 11.9. The Morgan fingerprint density at radius 3 is 2.63 bits per heavy atom. The maximum Gasteiger partial charge on any atom is 0.191 e. The maximum absolute atomic E-state index is 5.55. The lowest BCUT2D eigenvalue weighted by Crippen LogP contribution is -2.53. The van der Waals surface area contributed by atoms with Crippen LogP contribution in [0.15, 0.2) is 23.5 Å². The number of hydrogen-bond acceptors (Lipinski definition) is 4. The molecule has 1 aromatic heterocycles. The molecule has 0 radical (unpaired) electrons.